The summed E-state index contributed by atoms with van der Waals surface area (Å²) in [6.07, 6.45) is 36.3. The quantitative estimate of drug-likeness (QED) is 0.0143. The van der Waals surface area contributed by atoms with Gasteiger partial charge in [-0.25, -0.2) is 0 Å². The summed E-state index contributed by atoms with van der Waals surface area (Å²) in [5.41, 5.74) is 0. The van der Waals surface area contributed by atoms with Crippen LogP contribution in [0, 0.1) is 22.7 Å². The molecule has 0 bridgehead atoms. The van der Waals surface area contributed by atoms with Crippen molar-refractivity contribution in [3.05, 3.63) is 4.91 Å². The Hall–Kier alpha value is -8.55. The van der Waals surface area contributed by atoms with Crippen molar-refractivity contribution < 1.29 is 149 Å². The molecule has 0 aromatic carbocycles. The van der Waals surface area contributed by atoms with Crippen molar-refractivity contribution in [1.29, 1.82) is 0 Å². The lowest BCUT2D eigenvalue weighted by atomic mass is 10.1. The normalized spacial score (nSPS) is 9.38. The standard InChI is InChI=1S/C9H18O2.C8H17NO2.C8H16O2.3C7H14O2.5C6H12O2.2C5H10O2.C4H8O2.2CH2O2/c1-2-3-4-5-6-7-8-11-9-10;1-3-4-5-6-7-8(2)11-9-10;1-2-3-4-5-6-7-10-8-9;1-6(2)4-5-9-7(3)8;1-3-4-5-6-9-7(2)8;1-2-3-4-5-6-9-7-8;1-5(2)4-8-6(3)7;1-6(2)3-4-8-5-7;1-4-5(2)8-6(3)7;1-3-4-5-8-6(2)7;1-2-3-4-5-8-6-7;1-4(2)7-5(3)6;1-3-4-7-5(2)6;1-3-6-4(2)5;2*2-1-3/h9H,2-8H2,1H3;8H,3-7H2,1-2H3;8H,2-7H2,1H3;6H,4-5H2,1-3H3;3-6H2,1-2H3;7H,2-6H2,1H3;5H,4H2,1-3H3;5-6H,3-4H2,1-2H3;5H,4H2,1-3H3;3-5H2,1-2H3;6H,2-5H2,1H3;4H,1-3H3;3-4H2,1-2H3;3H2,1-2H3;2*1H,(H,2,3). The van der Waals surface area contributed by atoms with E-state index in [1.54, 1.807) is 6.92 Å². The van der Waals surface area contributed by atoms with E-state index in [0.717, 1.165) is 96.3 Å². The van der Waals surface area contributed by atoms with Gasteiger partial charge in [-0.1, -0.05) is 232 Å². The molecule has 125 heavy (non-hydrogen) atoms. The van der Waals surface area contributed by atoms with E-state index in [4.69, 9.17) is 34.0 Å². The van der Waals surface area contributed by atoms with Crippen LogP contribution >= 0.6 is 0 Å². The fourth-order valence-electron chi connectivity index (χ4n) is 7.13. The van der Waals surface area contributed by atoms with E-state index in [1.807, 2.05) is 55.4 Å². The first kappa shape index (κ1) is 154. The molecule has 0 aromatic heterocycles. The Labute approximate surface area is 756 Å². The van der Waals surface area contributed by atoms with Crippen molar-refractivity contribution in [2.45, 2.75) is 418 Å². The van der Waals surface area contributed by atoms with Crippen LogP contribution in [-0.2, 0) is 138 Å². The third-order valence-corrected chi connectivity index (χ3v) is 13.5. The van der Waals surface area contributed by atoms with E-state index in [2.05, 4.69) is 134 Å². The second-order valence-corrected chi connectivity index (χ2v) is 28.2. The van der Waals surface area contributed by atoms with Crippen LogP contribution in [-0.4, -0.2) is 194 Å². The van der Waals surface area contributed by atoms with Crippen LogP contribution < -0.4 is 0 Å². The van der Waals surface area contributed by atoms with Crippen molar-refractivity contribution in [3.63, 3.8) is 0 Å². The third kappa shape index (κ3) is 299. The topological polar surface area (TPSA) is 455 Å². The van der Waals surface area contributed by atoms with Crippen molar-refractivity contribution in [2.24, 2.45) is 23.1 Å². The number of unbranched alkanes of at least 4 members (excludes halogenated alkanes) is 20. The number of esters is 8. The molecule has 0 rings (SSSR count). The molecule has 0 aromatic rings. The minimum Gasteiger partial charge on any atom is -0.483 e. The first-order chi connectivity index (χ1) is 59.2. The molecule has 750 valence electrons. The van der Waals surface area contributed by atoms with Crippen LogP contribution in [0.4, 0.5) is 0 Å². The van der Waals surface area contributed by atoms with E-state index in [9.17, 15) is 67.2 Å². The Morgan fingerprint density at radius 1 is 0.272 bits per heavy atom. The molecule has 0 radical (unpaired) electrons. The molecule has 0 spiro atoms. The molecule has 0 amide bonds. The Kier molecular flexibility index (Phi) is 192. The van der Waals surface area contributed by atoms with Gasteiger partial charge in [0, 0.05) is 55.4 Å². The molecule has 2 N–H and O–H groups in total. The number of ether oxygens (including phenoxy) is 13. The van der Waals surface area contributed by atoms with E-state index in [-0.39, 0.29) is 79.0 Å². The maximum atomic E-state index is 10.2. The summed E-state index contributed by atoms with van der Waals surface area (Å²) in [7, 11) is 0. The van der Waals surface area contributed by atoms with E-state index in [1.165, 1.54) is 165 Å². The average molecular weight is 1820 g/mol. The Morgan fingerprint density at radius 3 is 0.768 bits per heavy atom. The summed E-state index contributed by atoms with van der Waals surface area (Å²) < 4.78 is 59.6. The van der Waals surface area contributed by atoms with Gasteiger partial charge in [0.2, 0.25) is 0 Å². The second kappa shape index (κ2) is 156. The highest BCUT2D eigenvalue weighted by Crippen LogP contribution is 2.09. The van der Waals surface area contributed by atoms with Gasteiger partial charge in [-0.3, -0.25) is 71.9 Å². The monoisotopic (exact) mass is 1820 g/mol. The SMILES string of the molecule is CC(=O)OC(C)C.CC(=O)OCC(C)C.CC(=O)OCCC(C)C.CC(C)CCOC=O.CCC(C)OC(C)=O.CCCCCCC(C)ON=O.CCCCCCCCOC=O.CCCCCCCOC=O.CCCCCCOC=O.CCCCCOC(C)=O.CCCCCOC=O.CCCCOC(C)=O.CCCOC(C)=O.CCOC(C)=O.O=CO.O=CO. The molecule has 0 aliphatic heterocycles. The predicted octanol–water partition coefficient (Wildman–Crippen LogP) is 21.1. The summed E-state index contributed by atoms with van der Waals surface area (Å²) in [5.74, 6) is 0.130. The van der Waals surface area contributed by atoms with Gasteiger partial charge in [0.15, 0.2) is 5.34 Å². The zero-order chi connectivity index (χ0) is 100. The van der Waals surface area contributed by atoms with Gasteiger partial charge >= 0.3 is 47.8 Å². The lowest BCUT2D eigenvalue weighted by Crippen LogP contribution is -2.09. The molecule has 0 aliphatic carbocycles. The molecule has 0 aliphatic rings. The molecule has 2 unspecified atom stereocenters. The zero-order valence-electron chi connectivity index (χ0n) is 83.5. The number of rotatable bonds is 55. The van der Waals surface area contributed by atoms with Crippen LogP contribution in [0.15, 0.2) is 5.34 Å². The molecule has 0 saturated heterocycles. The maximum absolute atomic E-state index is 10.2. The van der Waals surface area contributed by atoms with E-state index < -0.39 is 0 Å². The zero-order valence-corrected chi connectivity index (χ0v) is 83.5. The average Bonchev–Trinajstić information content (AvgIpc) is 1.05. The summed E-state index contributed by atoms with van der Waals surface area (Å²) in [6.45, 7) is 60.1. The molecular formula is C92H185NO32. The maximum Gasteiger partial charge on any atom is 0.302 e. The summed E-state index contributed by atoms with van der Waals surface area (Å²) in [5, 5.41) is 16.2. The van der Waals surface area contributed by atoms with Gasteiger partial charge in [0.25, 0.3) is 45.3 Å². The molecule has 33 heteroatoms. The molecule has 33 nitrogen and oxygen atoms in total. The number of nitrogens with zero attached hydrogens (tertiary/aromatic N) is 1. The second-order valence-electron chi connectivity index (χ2n) is 28.2. The number of carboxylic acid groups (broad SMARTS) is 2. The fraction of sp³-hybridized carbons (Fsp3) is 0.837. The fourth-order valence-corrected chi connectivity index (χ4v) is 7.13. The van der Waals surface area contributed by atoms with E-state index in [0.29, 0.717) is 123 Å². The highest BCUT2D eigenvalue weighted by Gasteiger charge is 2.03. The van der Waals surface area contributed by atoms with Crippen molar-refractivity contribution >= 4 is 93.1 Å². The summed E-state index contributed by atoms with van der Waals surface area (Å²) >= 11 is 0. The predicted molar refractivity (Wildman–Crippen MR) is 491 cm³/mol. The Bertz CT molecular complexity index is 2170. The Morgan fingerprint density at radius 2 is 0.536 bits per heavy atom. The number of carbonyl (C=O) groups is 15. The third-order valence-electron chi connectivity index (χ3n) is 13.5. The van der Waals surface area contributed by atoms with Gasteiger partial charge in [-0.05, 0) is 129 Å². The minimum atomic E-state index is -0.250. The van der Waals surface area contributed by atoms with Gasteiger partial charge in [-0.2, -0.15) is 0 Å². The minimum absolute atomic E-state index is 0.00986. The first-order valence-corrected chi connectivity index (χ1v) is 44.7. The molecule has 0 saturated carbocycles. The number of carbonyl (C=O) groups excluding carboxylic acids is 13. The molecule has 0 heterocycles. The summed E-state index contributed by atoms with van der Waals surface area (Å²) in [4.78, 5) is 160. The highest BCUT2D eigenvalue weighted by molar-refractivity contribution is 5.68. The summed E-state index contributed by atoms with van der Waals surface area (Å²) in [6, 6.07) is 0. The molecule has 2 atom stereocenters. The number of hydrogen-bond acceptors (Lipinski definition) is 31. The smallest absolute Gasteiger partial charge is 0.302 e. The largest absolute Gasteiger partial charge is 0.483 e. The lowest BCUT2D eigenvalue weighted by molar-refractivity contribution is -0.146. The molecule has 0 fully saturated rings. The number of hydrogen-bond donors (Lipinski definition) is 2. The van der Waals surface area contributed by atoms with Gasteiger partial charge < -0.3 is 76.6 Å². The van der Waals surface area contributed by atoms with Gasteiger partial charge in [0.1, 0.15) is 6.10 Å². The van der Waals surface area contributed by atoms with Crippen LogP contribution in [0.3, 0.4) is 0 Å². The van der Waals surface area contributed by atoms with Crippen molar-refractivity contribution in [3.8, 4) is 0 Å². The van der Waals surface area contributed by atoms with Crippen LogP contribution in [0.2, 0.25) is 0 Å². The van der Waals surface area contributed by atoms with Crippen molar-refractivity contribution in [2.75, 3.05) is 72.7 Å². The van der Waals surface area contributed by atoms with Gasteiger partial charge in [-0.15, -0.1) is 4.91 Å². The first-order valence-electron chi connectivity index (χ1n) is 44.7. The van der Waals surface area contributed by atoms with E-state index >= 15 is 0 Å². The van der Waals surface area contributed by atoms with Crippen LogP contribution in [0.1, 0.15) is 399 Å². The lowest BCUT2D eigenvalue weighted by Gasteiger charge is -2.06. The Balaban J connectivity index is -0.0000000729. The molecular weight excluding hydrogens is 1630 g/mol. The van der Waals surface area contributed by atoms with Crippen molar-refractivity contribution in [1.82, 2.24) is 0 Å². The van der Waals surface area contributed by atoms with Gasteiger partial charge in [0.05, 0.1) is 84.9 Å². The van der Waals surface area contributed by atoms with Crippen LogP contribution in [0.5, 0.6) is 0 Å². The van der Waals surface area contributed by atoms with Crippen LogP contribution in [0.25, 0.3) is 0 Å². The highest BCUT2D eigenvalue weighted by atomic mass is 16.7.